The molecule has 1 rings (SSSR count). The van der Waals surface area contributed by atoms with E-state index in [1.807, 2.05) is 17.8 Å². The van der Waals surface area contributed by atoms with E-state index in [0.29, 0.717) is 6.04 Å². The number of hydrogen-bond donors (Lipinski definition) is 1. The minimum Gasteiger partial charge on any atom is -0.496 e. The van der Waals surface area contributed by atoms with Gasteiger partial charge in [-0.25, -0.2) is 0 Å². The molecule has 0 amide bonds. The maximum absolute atomic E-state index is 5.26. The number of aryl methyl sites for hydroxylation is 1. The largest absolute Gasteiger partial charge is 0.496 e. The van der Waals surface area contributed by atoms with Gasteiger partial charge in [-0.15, -0.1) is 0 Å². The van der Waals surface area contributed by atoms with Crippen LogP contribution in [0.15, 0.2) is 18.2 Å². The lowest BCUT2D eigenvalue weighted by atomic mass is 10.1. The summed E-state index contributed by atoms with van der Waals surface area (Å²) < 4.78 is 5.26. The van der Waals surface area contributed by atoms with E-state index in [1.165, 1.54) is 23.3 Å². The molecule has 1 aromatic carbocycles. The lowest BCUT2D eigenvalue weighted by molar-refractivity contribution is 0.411. The molecule has 1 unspecified atom stereocenters. The Balaban J connectivity index is 2.44. The molecule has 0 aliphatic heterocycles. The van der Waals surface area contributed by atoms with Gasteiger partial charge in [0.15, 0.2) is 0 Å². The zero-order valence-corrected chi connectivity index (χ0v) is 12.1. The number of ether oxygens (including phenoxy) is 1. The van der Waals surface area contributed by atoms with E-state index in [-0.39, 0.29) is 0 Å². The molecule has 0 saturated carbocycles. The number of benzene rings is 1. The molecule has 0 aromatic heterocycles. The van der Waals surface area contributed by atoms with Gasteiger partial charge in [-0.2, -0.15) is 11.8 Å². The number of thioether (sulfide) groups is 1. The van der Waals surface area contributed by atoms with Crippen LogP contribution in [-0.4, -0.2) is 25.2 Å². The van der Waals surface area contributed by atoms with Crippen molar-refractivity contribution >= 4 is 11.8 Å². The summed E-state index contributed by atoms with van der Waals surface area (Å²) in [5.74, 6) is 2.18. The molecule has 96 valence electrons. The van der Waals surface area contributed by atoms with Crippen LogP contribution in [0, 0.1) is 6.92 Å². The van der Waals surface area contributed by atoms with E-state index < -0.39 is 0 Å². The fourth-order valence-corrected chi connectivity index (χ4v) is 2.33. The second-order valence-electron chi connectivity index (χ2n) is 4.37. The van der Waals surface area contributed by atoms with Crippen molar-refractivity contribution in [1.29, 1.82) is 0 Å². The zero-order valence-electron chi connectivity index (χ0n) is 11.2. The summed E-state index contributed by atoms with van der Waals surface area (Å²) in [5.41, 5.74) is 2.52. The Bertz CT molecular complexity index is 341. The Hall–Kier alpha value is -0.670. The highest BCUT2D eigenvalue weighted by Crippen LogP contribution is 2.18. The molecule has 1 atom stereocenters. The second-order valence-corrected chi connectivity index (χ2v) is 5.35. The summed E-state index contributed by atoms with van der Waals surface area (Å²) in [7, 11) is 1.71. The molecular formula is C14H23NOS. The highest BCUT2D eigenvalue weighted by Gasteiger charge is 2.03. The molecule has 3 heteroatoms. The summed E-state index contributed by atoms with van der Waals surface area (Å²) in [6.07, 6.45) is 3.37. The summed E-state index contributed by atoms with van der Waals surface area (Å²) in [4.78, 5) is 0. The van der Waals surface area contributed by atoms with Gasteiger partial charge in [0, 0.05) is 12.6 Å². The summed E-state index contributed by atoms with van der Waals surface area (Å²) >= 11 is 1.90. The number of methoxy groups -OCH3 is 1. The molecule has 0 spiro atoms. The van der Waals surface area contributed by atoms with Gasteiger partial charge in [0.05, 0.1) is 7.11 Å². The van der Waals surface area contributed by atoms with Crippen LogP contribution in [0.5, 0.6) is 5.75 Å². The minimum atomic E-state index is 0.574. The van der Waals surface area contributed by atoms with Crippen molar-refractivity contribution in [3.05, 3.63) is 29.3 Å². The Morgan fingerprint density at radius 1 is 1.41 bits per heavy atom. The quantitative estimate of drug-likeness (QED) is 0.806. The van der Waals surface area contributed by atoms with Crippen molar-refractivity contribution in [2.75, 3.05) is 19.1 Å². The van der Waals surface area contributed by atoms with Gasteiger partial charge in [-0.1, -0.05) is 12.1 Å². The molecule has 0 saturated heterocycles. The van der Waals surface area contributed by atoms with Crippen LogP contribution >= 0.6 is 11.8 Å². The van der Waals surface area contributed by atoms with Crippen molar-refractivity contribution in [2.45, 2.75) is 32.9 Å². The van der Waals surface area contributed by atoms with E-state index in [4.69, 9.17) is 4.74 Å². The van der Waals surface area contributed by atoms with Crippen LogP contribution in [0.4, 0.5) is 0 Å². The first kappa shape index (κ1) is 14.4. The maximum atomic E-state index is 5.26. The van der Waals surface area contributed by atoms with Gasteiger partial charge in [-0.05, 0) is 49.5 Å². The molecule has 2 nitrogen and oxygen atoms in total. The maximum Gasteiger partial charge on any atom is 0.121 e. The number of hydrogen-bond acceptors (Lipinski definition) is 3. The lowest BCUT2D eigenvalue weighted by Gasteiger charge is -2.14. The average molecular weight is 253 g/mol. The molecule has 0 bridgehead atoms. The normalized spacial score (nSPS) is 12.5. The van der Waals surface area contributed by atoms with Gasteiger partial charge in [0.2, 0.25) is 0 Å². The van der Waals surface area contributed by atoms with Crippen LogP contribution in [0.3, 0.4) is 0 Å². The fourth-order valence-electron chi connectivity index (χ4n) is 1.74. The minimum absolute atomic E-state index is 0.574. The number of rotatable bonds is 7. The molecule has 1 N–H and O–H groups in total. The van der Waals surface area contributed by atoms with E-state index in [0.717, 1.165) is 12.3 Å². The van der Waals surface area contributed by atoms with Gasteiger partial charge < -0.3 is 10.1 Å². The van der Waals surface area contributed by atoms with Gasteiger partial charge in [0.1, 0.15) is 5.75 Å². The molecule has 17 heavy (non-hydrogen) atoms. The monoisotopic (exact) mass is 253 g/mol. The Morgan fingerprint density at radius 2 is 2.18 bits per heavy atom. The molecule has 0 fully saturated rings. The molecule has 0 aliphatic rings. The molecule has 0 heterocycles. The molecule has 1 aromatic rings. The van der Waals surface area contributed by atoms with Gasteiger partial charge >= 0.3 is 0 Å². The second kappa shape index (κ2) is 7.62. The van der Waals surface area contributed by atoms with Crippen molar-refractivity contribution < 1.29 is 4.74 Å². The van der Waals surface area contributed by atoms with Gasteiger partial charge in [0.25, 0.3) is 0 Å². The van der Waals surface area contributed by atoms with Crippen molar-refractivity contribution in [3.63, 3.8) is 0 Å². The van der Waals surface area contributed by atoms with E-state index >= 15 is 0 Å². The van der Waals surface area contributed by atoms with Gasteiger partial charge in [-0.3, -0.25) is 0 Å². The molecular weight excluding hydrogens is 230 g/mol. The third-order valence-electron chi connectivity index (χ3n) is 2.87. The topological polar surface area (TPSA) is 21.3 Å². The van der Waals surface area contributed by atoms with Crippen LogP contribution in [-0.2, 0) is 6.54 Å². The van der Waals surface area contributed by atoms with E-state index in [9.17, 15) is 0 Å². The third-order valence-corrected chi connectivity index (χ3v) is 3.51. The van der Waals surface area contributed by atoms with E-state index in [2.05, 4.69) is 37.6 Å². The van der Waals surface area contributed by atoms with Crippen LogP contribution < -0.4 is 10.1 Å². The first-order valence-electron chi connectivity index (χ1n) is 6.03. The van der Waals surface area contributed by atoms with Crippen LogP contribution in [0.1, 0.15) is 24.5 Å². The number of nitrogens with one attached hydrogen (secondary N) is 1. The van der Waals surface area contributed by atoms with Crippen molar-refractivity contribution in [1.82, 2.24) is 5.32 Å². The van der Waals surface area contributed by atoms with Crippen LogP contribution in [0.25, 0.3) is 0 Å². The third kappa shape index (κ3) is 5.00. The average Bonchev–Trinajstić information content (AvgIpc) is 2.34. The van der Waals surface area contributed by atoms with E-state index in [1.54, 1.807) is 7.11 Å². The predicted octanol–water partition coefficient (Wildman–Crippen LogP) is 3.23. The first-order valence-corrected chi connectivity index (χ1v) is 7.42. The summed E-state index contributed by atoms with van der Waals surface area (Å²) in [6.45, 7) is 5.26. The SMILES string of the molecule is COc1ccc(CNC(C)CCSC)cc1C. The standard InChI is InChI=1S/C14H23NOS/c1-11-9-13(5-6-14(11)16-3)10-15-12(2)7-8-17-4/h5-6,9,12,15H,7-8,10H2,1-4H3. The highest BCUT2D eigenvalue weighted by atomic mass is 32.2. The van der Waals surface area contributed by atoms with Crippen LogP contribution in [0.2, 0.25) is 0 Å². The summed E-state index contributed by atoms with van der Waals surface area (Å²) in [5, 5.41) is 3.54. The zero-order chi connectivity index (χ0) is 12.7. The Labute approximate surface area is 109 Å². The molecule has 0 aliphatic carbocycles. The van der Waals surface area contributed by atoms with Crippen molar-refractivity contribution in [3.8, 4) is 5.75 Å². The fraction of sp³-hybridized carbons (Fsp3) is 0.571. The highest BCUT2D eigenvalue weighted by molar-refractivity contribution is 7.98. The predicted molar refractivity (Wildman–Crippen MR) is 77.0 cm³/mol. The Morgan fingerprint density at radius 3 is 2.76 bits per heavy atom. The Kier molecular flexibility index (Phi) is 6.45. The summed E-state index contributed by atoms with van der Waals surface area (Å²) in [6, 6.07) is 6.93. The van der Waals surface area contributed by atoms with Crippen molar-refractivity contribution in [2.24, 2.45) is 0 Å². The lowest BCUT2D eigenvalue weighted by Crippen LogP contribution is -2.25. The smallest absolute Gasteiger partial charge is 0.121 e. The molecule has 0 radical (unpaired) electrons. The first-order chi connectivity index (χ1) is 8.17.